The number of rotatable bonds is 7. The van der Waals surface area contributed by atoms with Crippen molar-refractivity contribution in [1.29, 1.82) is 0 Å². The average Bonchev–Trinajstić information content (AvgIpc) is 2.71. The van der Waals surface area contributed by atoms with Crippen LogP contribution in [0.1, 0.15) is 39.0 Å². The van der Waals surface area contributed by atoms with Gasteiger partial charge in [-0.2, -0.15) is 11.8 Å². The number of nitrogens with zero attached hydrogens (tertiary/aromatic N) is 1. The lowest BCUT2D eigenvalue weighted by Gasteiger charge is -2.26. The molecular formula is C13H26N2O3S2. The van der Waals surface area contributed by atoms with Crippen LogP contribution in [0, 0.1) is 0 Å². The summed E-state index contributed by atoms with van der Waals surface area (Å²) in [6.07, 6.45) is 6.85. The van der Waals surface area contributed by atoms with Crippen LogP contribution in [0.25, 0.3) is 0 Å². The Morgan fingerprint density at radius 2 is 1.85 bits per heavy atom. The molecule has 1 heterocycles. The Morgan fingerprint density at radius 3 is 2.35 bits per heavy atom. The molecule has 5 nitrogen and oxygen atoms in total. The van der Waals surface area contributed by atoms with Gasteiger partial charge < -0.3 is 4.90 Å². The molecule has 1 aliphatic rings. The Labute approximate surface area is 126 Å². The van der Waals surface area contributed by atoms with Crippen LogP contribution in [0.15, 0.2) is 0 Å². The van der Waals surface area contributed by atoms with E-state index in [1.165, 1.54) is 0 Å². The summed E-state index contributed by atoms with van der Waals surface area (Å²) >= 11 is 1.63. The van der Waals surface area contributed by atoms with Crippen LogP contribution in [0.4, 0.5) is 0 Å². The highest BCUT2D eigenvalue weighted by Gasteiger charge is 2.27. The molecule has 0 spiro atoms. The standard InChI is InChI=1S/C13H26N2O3S2/c1-3-20(17,18)14-12(8-11-19-2)13(16)15-9-6-4-5-7-10-15/h12,14H,3-11H2,1-2H3. The fraction of sp³-hybridized carbons (Fsp3) is 0.923. The minimum atomic E-state index is -3.35. The molecule has 7 heteroatoms. The number of thioether (sulfide) groups is 1. The van der Waals surface area contributed by atoms with E-state index >= 15 is 0 Å². The summed E-state index contributed by atoms with van der Waals surface area (Å²) in [6.45, 7) is 3.09. The second-order valence-electron chi connectivity index (χ2n) is 5.09. The van der Waals surface area contributed by atoms with E-state index in [9.17, 15) is 13.2 Å². The fourth-order valence-electron chi connectivity index (χ4n) is 2.28. The molecule has 0 saturated carbocycles. The molecule has 118 valence electrons. The Kier molecular flexibility index (Phi) is 7.91. The number of hydrogen-bond acceptors (Lipinski definition) is 4. The lowest BCUT2D eigenvalue weighted by Crippen LogP contribution is -2.49. The van der Waals surface area contributed by atoms with Crippen molar-refractivity contribution in [3.63, 3.8) is 0 Å². The van der Waals surface area contributed by atoms with Crippen LogP contribution in [0.3, 0.4) is 0 Å². The van der Waals surface area contributed by atoms with Gasteiger partial charge >= 0.3 is 0 Å². The maximum Gasteiger partial charge on any atom is 0.240 e. The van der Waals surface area contributed by atoms with Crippen molar-refractivity contribution in [3.05, 3.63) is 0 Å². The van der Waals surface area contributed by atoms with E-state index in [1.807, 2.05) is 11.2 Å². The van der Waals surface area contributed by atoms with Gasteiger partial charge in [0.1, 0.15) is 6.04 Å². The third kappa shape index (κ3) is 6.01. The van der Waals surface area contributed by atoms with Crippen molar-refractivity contribution in [2.75, 3.05) is 30.9 Å². The maximum absolute atomic E-state index is 12.5. The van der Waals surface area contributed by atoms with Gasteiger partial charge in [0.2, 0.25) is 15.9 Å². The third-order valence-corrected chi connectivity index (χ3v) is 5.58. The molecule has 0 radical (unpaired) electrons. The van der Waals surface area contributed by atoms with Crippen LogP contribution in [0.5, 0.6) is 0 Å². The molecule has 0 aromatic heterocycles. The zero-order chi connectivity index (χ0) is 15.0. The summed E-state index contributed by atoms with van der Waals surface area (Å²) in [5.41, 5.74) is 0. The van der Waals surface area contributed by atoms with Gasteiger partial charge in [-0.25, -0.2) is 13.1 Å². The van der Waals surface area contributed by atoms with E-state index in [-0.39, 0.29) is 11.7 Å². The number of sulfonamides is 1. The molecule has 0 aromatic rings. The number of carbonyl (C=O) groups is 1. The van der Waals surface area contributed by atoms with Crippen molar-refractivity contribution < 1.29 is 13.2 Å². The van der Waals surface area contributed by atoms with Gasteiger partial charge in [0.25, 0.3) is 0 Å². The summed E-state index contributed by atoms with van der Waals surface area (Å²) in [7, 11) is -3.35. The van der Waals surface area contributed by atoms with Crippen LogP contribution in [-0.4, -0.2) is 56.1 Å². The zero-order valence-electron chi connectivity index (χ0n) is 12.4. The van der Waals surface area contributed by atoms with Crippen molar-refractivity contribution in [3.8, 4) is 0 Å². The molecule has 0 aliphatic carbocycles. The molecule has 1 N–H and O–H groups in total. The molecule has 1 unspecified atom stereocenters. The van der Waals surface area contributed by atoms with Crippen molar-refractivity contribution in [2.45, 2.75) is 45.1 Å². The minimum absolute atomic E-state index is 0.00997. The highest BCUT2D eigenvalue weighted by atomic mass is 32.2. The van der Waals surface area contributed by atoms with E-state index in [0.29, 0.717) is 6.42 Å². The number of carbonyl (C=O) groups excluding carboxylic acids is 1. The van der Waals surface area contributed by atoms with Gasteiger partial charge in [0, 0.05) is 13.1 Å². The normalized spacial score (nSPS) is 18.6. The van der Waals surface area contributed by atoms with E-state index in [4.69, 9.17) is 0 Å². The summed E-state index contributed by atoms with van der Waals surface area (Å²) < 4.78 is 26.0. The molecule has 0 aromatic carbocycles. The number of hydrogen-bond donors (Lipinski definition) is 1. The van der Waals surface area contributed by atoms with Gasteiger partial charge in [-0.3, -0.25) is 4.79 Å². The highest BCUT2D eigenvalue weighted by Crippen LogP contribution is 2.13. The van der Waals surface area contributed by atoms with E-state index in [2.05, 4.69) is 4.72 Å². The van der Waals surface area contributed by atoms with Gasteiger partial charge in [0.15, 0.2) is 0 Å². The lowest BCUT2D eigenvalue weighted by atomic mass is 10.2. The first-order chi connectivity index (χ1) is 9.50. The van der Waals surface area contributed by atoms with Crippen LogP contribution >= 0.6 is 11.8 Å². The van der Waals surface area contributed by atoms with E-state index in [0.717, 1.165) is 44.5 Å². The molecular weight excluding hydrogens is 296 g/mol. The largest absolute Gasteiger partial charge is 0.341 e. The quantitative estimate of drug-likeness (QED) is 0.770. The van der Waals surface area contributed by atoms with Crippen LogP contribution in [0.2, 0.25) is 0 Å². The highest BCUT2D eigenvalue weighted by molar-refractivity contribution is 7.98. The molecule has 20 heavy (non-hydrogen) atoms. The summed E-state index contributed by atoms with van der Waals surface area (Å²) in [5, 5.41) is 0. The Morgan fingerprint density at radius 1 is 1.25 bits per heavy atom. The molecule has 1 saturated heterocycles. The fourth-order valence-corrected chi connectivity index (χ4v) is 3.57. The van der Waals surface area contributed by atoms with Crippen molar-refractivity contribution in [1.82, 2.24) is 9.62 Å². The molecule has 1 fully saturated rings. The summed E-state index contributed by atoms with van der Waals surface area (Å²) in [4.78, 5) is 14.4. The minimum Gasteiger partial charge on any atom is -0.341 e. The number of likely N-dealkylation sites (tertiary alicyclic amines) is 1. The van der Waals surface area contributed by atoms with Gasteiger partial charge in [0.05, 0.1) is 5.75 Å². The number of nitrogens with one attached hydrogen (secondary N) is 1. The lowest BCUT2D eigenvalue weighted by molar-refractivity contribution is -0.133. The topological polar surface area (TPSA) is 66.5 Å². The van der Waals surface area contributed by atoms with Crippen LogP contribution < -0.4 is 4.72 Å². The van der Waals surface area contributed by atoms with Gasteiger partial charge in [-0.1, -0.05) is 12.8 Å². The monoisotopic (exact) mass is 322 g/mol. The predicted molar refractivity (Wildman–Crippen MR) is 84.4 cm³/mol. The number of amides is 1. The molecule has 1 rings (SSSR count). The molecule has 1 amide bonds. The van der Waals surface area contributed by atoms with E-state index < -0.39 is 16.1 Å². The third-order valence-electron chi connectivity index (χ3n) is 3.53. The first kappa shape index (κ1) is 17.8. The molecule has 1 aliphatic heterocycles. The van der Waals surface area contributed by atoms with E-state index in [1.54, 1.807) is 18.7 Å². The smallest absolute Gasteiger partial charge is 0.240 e. The summed E-state index contributed by atoms with van der Waals surface area (Å²) in [6, 6.07) is -0.606. The van der Waals surface area contributed by atoms with Gasteiger partial charge in [-0.05, 0) is 38.2 Å². The first-order valence-electron chi connectivity index (χ1n) is 7.28. The van der Waals surface area contributed by atoms with Crippen molar-refractivity contribution >= 4 is 27.7 Å². The van der Waals surface area contributed by atoms with Crippen LogP contribution in [-0.2, 0) is 14.8 Å². The molecule has 0 bridgehead atoms. The average molecular weight is 322 g/mol. The molecule has 1 atom stereocenters. The predicted octanol–water partition coefficient (Wildman–Crippen LogP) is 1.45. The van der Waals surface area contributed by atoms with Gasteiger partial charge in [-0.15, -0.1) is 0 Å². The Bertz CT molecular complexity index is 390. The first-order valence-corrected chi connectivity index (χ1v) is 10.3. The second kappa shape index (κ2) is 8.89. The SMILES string of the molecule is CCS(=O)(=O)NC(CCSC)C(=O)N1CCCCCC1. The zero-order valence-corrected chi connectivity index (χ0v) is 14.1. The van der Waals surface area contributed by atoms with Crippen molar-refractivity contribution in [2.24, 2.45) is 0 Å². The maximum atomic E-state index is 12.5. The summed E-state index contributed by atoms with van der Waals surface area (Å²) in [5.74, 6) is 0.727. The Balaban J connectivity index is 2.72. The second-order valence-corrected chi connectivity index (χ2v) is 8.12. The Hall–Kier alpha value is -0.270.